The average molecular weight is 279 g/mol. The lowest BCUT2D eigenvalue weighted by Crippen LogP contribution is -2.10. The van der Waals surface area contributed by atoms with Crippen molar-refractivity contribution in [1.29, 1.82) is 0 Å². The molecule has 2 aromatic rings. The maximum atomic E-state index is 13.2. The van der Waals surface area contributed by atoms with Crippen molar-refractivity contribution < 1.29 is 8.78 Å². The molecule has 0 saturated carbocycles. The minimum atomic E-state index is -0.829. The van der Waals surface area contributed by atoms with Crippen LogP contribution in [-0.4, -0.2) is 6.54 Å². The van der Waals surface area contributed by atoms with Gasteiger partial charge in [-0.05, 0) is 36.2 Å². The first-order chi connectivity index (χ1) is 9.11. The number of hydrogen-bond acceptors (Lipinski definition) is 2. The summed E-state index contributed by atoms with van der Waals surface area (Å²) < 4.78 is 26.1. The molecule has 0 amide bonds. The first-order valence-corrected chi connectivity index (χ1v) is 6.87. The standard InChI is InChI=1S/C15H15F2NS/c1-10-4-2-3-5-12(10)15(9-18)19-11-6-7-13(16)14(17)8-11/h2-8,15H,9,18H2,1H3. The number of aryl methyl sites for hydroxylation is 1. The lowest BCUT2D eigenvalue weighted by Gasteiger charge is -2.17. The van der Waals surface area contributed by atoms with E-state index in [1.54, 1.807) is 6.07 Å². The van der Waals surface area contributed by atoms with Crippen LogP contribution in [0.3, 0.4) is 0 Å². The molecule has 0 aromatic heterocycles. The van der Waals surface area contributed by atoms with Crippen LogP contribution in [0.25, 0.3) is 0 Å². The molecule has 2 N–H and O–H groups in total. The van der Waals surface area contributed by atoms with Gasteiger partial charge in [0, 0.05) is 16.7 Å². The Labute approximate surface area is 115 Å². The third kappa shape index (κ3) is 3.33. The Kier molecular flexibility index (Phi) is 4.56. The number of hydrogen-bond donors (Lipinski definition) is 1. The van der Waals surface area contributed by atoms with E-state index < -0.39 is 11.6 Å². The van der Waals surface area contributed by atoms with Gasteiger partial charge in [-0.25, -0.2) is 8.78 Å². The van der Waals surface area contributed by atoms with E-state index in [9.17, 15) is 8.78 Å². The zero-order valence-electron chi connectivity index (χ0n) is 10.6. The van der Waals surface area contributed by atoms with E-state index in [1.165, 1.54) is 17.8 Å². The van der Waals surface area contributed by atoms with Gasteiger partial charge in [0.2, 0.25) is 0 Å². The molecule has 0 fully saturated rings. The van der Waals surface area contributed by atoms with Gasteiger partial charge in [-0.3, -0.25) is 0 Å². The van der Waals surface area contributed by atoms with Crippen LogP contribution in [0.2, 0.25) is 0 Å². The first-order valence-electron chi connectivity index (χ1n) is 5.99. The molecule has 0 aliphatic heterocycles. The van der Waals surface area contributed by atoms with Crippen LogP contribution in [-0.2, 0) is 0 Å². The van der Waals surface area contributed by atoms with E-state index in [0.29, 0.717) is 11.4 Å². The topological polar surface area (TPSA) is 26.0 Å². The van der Waals surface area contributed by atoms with Gasteiger partial charge in [0.05, 0.1) is 0 Å². The fraction of sp³-hybridized carbons (Fsp3) is 0.200. The minimum absolute atomic E-state index is 0.0334. The van der Waals surface area contributed by atoms with E-state index in [-0.39, 0.29) is 5.25 Å². The molecular weight excluding hydrogens is 264 g/mol. The molecule has 0 bridgehead atoms. The summed E-state index contributed by atoms with van der Waals surface area (Å²) in [6.45, 7) is 2.46. The van der Waals surface area contributed by atoms with Gasteiger partial charge in [-0.15, -0.1) is 11.8 Å². The Morgan fingerprint density at radius 1 is 1.11 bits per heavy atom. The highest BCUT2D eigenvalue weighted by Gasteiger charge is 2.14. The second kappa shape index (κ2) is 6.17. The van der Waals surface area contributed by atoms with E-state index in [2.05, 4.69) is 0 Å². The molecule has 1 unspecified atom stereocenters. The van der Waals surface area contributed by atoms with Crippen molar-refractivity contribution in [3.8, 4) is 0 Å². The zero-order chi connectivity index (χ0) is 13.8. The normalized spacial score (nSPS) is 12.4. The van der Waals surface area contributed by atoms with Crippen LogP contribution in [0.1, 0.15) is 16.4 Å². The second-order valence-electron chi connectivity index (χ2n) is 4.27. The Bertz CT molecular complexity index is 572. The van der Waals surface area contributed by atoms with Gasteiger partial charge in [0.1, 0.15) is 0 Å². The maximum absolute atomic E-state index is 13.2. The summed E-state index contributed by atoms with van der Waals surface area (Å²) in [6, 6.07) is 11.9. The molecule has 0 radical (unpaired) electrons. The molecule has 0 saturated heterocycles. The van der Waals surface area contributed by atoms with E-state index in [1.807, 2.05) is 31.2 Å². The van der Waals surface area contributed by atoms with E-state index >= 15 is 0 Å². The van der Waals surface area contributed by atoms with Crippen molar-refractivity contribution in [2.24, 2.45) is 5.73 Å². The fourth-order valence-electron chi connectivity index (χ4n) is 1.90. The number of halogens is 2. The molecule has 0 heterocycles. The van der Waals surface area contributed by atoms with Crippen LogP contribution in [0.5, 0.6) is 0 Å². The summed E-state index contributed by atoms with van der Waals surface area (Å²) in [5, 5.41) is 0.0334. The summed E-state index contributed by atoms with van der Waals surface area (Å²) in [7, 11) is 0. The summed E-state index contributed by atoms with van der Waals surface area (Å²) in [4.78, 5) is 0.678. The van der Waals surface area contributed by atoms with Crippen molar-refractivity contribution in [3.05, 3.63) is 65.2 Å². The Morgan fingerprint density at radius 3 is 2.47 bits per heavy atom. The predicted molar refractivity (Wildman–Crippen MR) is 75.2 cm³/mol. The van der Waals surface area contributed by atoms with Crippen LogP contribution >= 0.6 is 11.8 Å². The van der Waals surface area contributed by atoms with Gasteiger partial charge in [-0.2, -0.15) is 0 Å². The van der Waals surface area contributed by atoms with Gasteiger partial charge >= 0.3 is 0 Å². The quantitative estimate of drug-likeness (QED) is 0.854. The number of thioether (sulfide) groups is 1. The predicted octanol–water partition coefficient (Wildman–Crippen LogP) is 4.07. The van der Waals surface area contributed by atoms with Crippen molar-refractivity contribution in [2.45, 2.75) is 17.1 Å². The smallest absolute Gasteiger partial charge is 0.159 e. The summed E-state index contributed by atoms with van der Waals surface area (Å²) in [5.41, 5.74) is 8.07. The minimum Gasteiger partial charge on any atom is -0.329 e. The lowest BCUT2D eigenvalue weighted by molar-refractivity contribution is 0.506. The molecule has 0 aliphatic carbocycles. The Hall–Kier alpha value is -1.39. The van der Waals surface area contributed by atoms with Gasteiger partial charge in [-0.1, -0.05) is 24.3 Å². The van der Waals surface area contributed by atoms with Crippen LogP contribution in [0.4, 0.5) is 8.78 Å². The molecule has 4 heteroatoms. The highest BCUT2D eigenvalue weighted by Crippen LogP contribution is 2.36. The summed E-state index contributed by atoms with van der Waals surface area (Å²) in [5.74, 6) is -1.66. The van der Waals surface area contributed by atoms with Crippen LogP contribution < -0.4 is 5.73 Å². The second-order valence-corrected chi connectivity index (χ2v) is 5.55. The lowest BCUT2D eigenvalue weighted by atomic mass is 10.1. The molecule has 0 spiro atoms. The Morgan fingerprint density at radius 2 is 1.84 bits per heavy atom. The van der Waals surface area contributed by atoms with Crippen molar-refractivity contribution >= 4 is 11.8 Å². The monoisotopic (exact) mass is 279 g/mol. The Balaban J connectivity index is 2.24. The number of rotatable bonds is 4. The molecule has 1 atom stereocenters. The average Bonchev–Trinajstić information content (AvgIpc) is 2.41. The molecule has 0 aliphatic rings. The van der Waals surface area contributed by atoms with Crippen LogP contribution in [0, 0.1) is 18.6 Å². The van der Waals surface area contributed by atoms with Crippen molar-refractivity contribution in [3.63, 3.8) is 0 Å². The third-order valence-electron chi connectivity index (χ3n) is 2.92. The molecule has 1 nitrogen and oxygen atoms in total. The molecular formula is C15H15F2NS. The molecule has 2 rings (SSSR count). The van der Waals surface area contributed by atoms with Crippen molar-refractivity contribution in [1.82, 2.24) is 0 Å². The maximum Gasteiger partial charge on any atom is 0.159 e. The van der Waals surface area contributed by atoms with Gasteiger partial charge < -0.3 is 5.73 Å². The van der Waals surface area contributed by atoms with Crippen molar-refractivity contribution in [2.75, 3.05) is 6.54 Å². The molecule has 2 aromatic carbocycles. The van der Waals surface area contributed by atoms with E-state index in [4.69, 9.17) is 5.73 Å². The van der Waals surface area contributed by atoms with Gasteiger partial charge in [0.15, 0.2) is 11.6 Å². The zero-order valence-corrected chi connectivity index (χ0v) is 11.4. The highest BCUT2D eigenvalue weighted by molar-refractivity contribution is 7.99. The SMILES string of the molecule is Cc1ccccc1C(CN)Sc1ccc(F)c(F)c1. The summed E-state index contributed by atoms with van der Waals surface area (Å²) in [6.07, 6.45) is 0. The molecule has 100 valence electrons. The first kappa shape index (κ1) is 14.0. The third-order valence-corrected chi connectivity index (χ3v) is 4.18. The largest absolute Gasteiger partial charge is 0.329 e. The highest BCUT2D eigenvalue weighted by atomic mass is 32.2. The van der Waals surface area contributed by atoms with Gasteiger partial charge in [0.25, 0.3) is 0 Å². The van der Waals surface area contributed by atoms with Crippen LogP contribution in [0.15, 0.2) is 47.4 Å². The number of nitrogens with two attached hydrogens (primary N) is 1. The molecule has 19 heavy (non-hydrogen) atoms. The number of benzene rings is 2. The fourth-order valence-corrected chi connectivity index (χ4v) is 3.04. The van der Waals surface area contributed by atoms with E-state index in [0.717, 1.165) is 17.2 Å². The summed E-state index contributed by atoms with van der Waals surface area (Å²) >= 11 is 1.45.